The van der Waals surface area contributed by atoms with Crippen molar-refractivity contribution in [1.82, 2.24) is 4.90 Å². The van der Waals surface area contributed by atoms with E-state index in [1.807, 2.05) is 12.1 Å². The summed E-state index contributed by atoms with van der Waals surface area (Å²) in [5, 5.41) is 0. The SMILES string of the molecule is CCCN1CC=C(c2cccc(S(C)(=O)=O)c2)CC1. The molecule has 19 heavy (non-hydrogen) atoms. The minimum absolute atomic E-state index is 0.405. The molecule has 3 nitrogen and oxygen atoms in total. The topological polar surface area (TPSA) is 37.4 Å². The molecule has 1 aliphatic rings. The standard InChI is InChI=1S/C15H21NO2S/c1-3-9-16-10-7-13(8-11-16)14-5-4-6-15(12-14)19(2,17)18/h4-7,12H,3,8-11H2,1-2H3. The molecule has 0 amide bonds. The lowest BCUT2D eigenvalue weighted by atomic mass is 9.99. The Bertz CT molecular complexity index is 576. The van der Waals surface area contributed by atoms with Crippen molar-refractivity contribution in [3.63, 3.8) is 0 Å². The van der Waals surface area contributed by atoms with Crippen molar-refractivity contribution in [3.8, 4) is 0 Å². The van der Waals surface area contributed by atoms with Crippen molar-refractivity contribution in [2.24, 2.45) is 0 Å². The first-order valence-electron chi connectivity index (χ1n) is 6.72. The second-order valence-electron chi connectivity index (χ2n) is 5.08. The summed E-state index contributed by atoms with van der Waals surface area (Å²) in [4.78, 5) is 2.83. The van der Waals surface area contributed by atoms with Crippen LogP contribution >= 0.6 is 0 Å². The molecule has 0 fully saturated rings. The molecule has 1 aromatic rings. The zero-order chi connectivity index (χ0) is 13.9. The molecule has 1 aliphatic heterocycles. The van der Waals surface area contributed by atoms with Gasteiger partial charge in [0.1, 0.15) is 0 Å². The van der Waals surface area contributed by atoms with E-state index in [0.29, 0.717) is 4.90 Å². The third kappa shape index (κ3) is 3.67. The zero-order valence-corrected chi connectivity index (χ0v) is 12.4. The van der Waals surface area contributed by atoms with Gasteiger partial charge in [-0.05, 0) is 42.7 Å². The van der Waals surface area contributed by atoms with Crippen molar-refractivity contribution >= 4 is 15.4 Å². The van der Waals surface area contributed by atoms with E-state index >= 15 is 0 Å². The van der Waals surface area contributed by atoms with Crippen molar-refractivity contribution in [3.05, 3.63) is 35.9 Å². The molecule has 1 aromatic carbocycles. The normalized spacial score (nSPS) is 17.3. The predicted molar refractivity (Wildman–Crippen MR) is 78.9 cm³/mol. The highest BCUT2D eigenvalue weighted by molar-refractivity contribution is 7.90. The van der Waals surface area contributed by atoms with Crippen LogP contribution in [-0.4, -0.2) is 39.2 Å². The van der Waals surface area contributed by atoms with Gasteiger partial charge in [0.25, 0.3) is 0 Å². The Morgan fingerprint density at radius 3 is 2.68 bits per heavy atom. The Labute approximate surface area is 115 Å². The molecular weight excluding hydrogens is 258 g/mol. The van der Waals surface area contributed by atoms with Gasteiger partial charge in [0.15, 0.2) is 9.84 Å². The molecular formula is C15H21NO2S. The number of sulfone groups is 1. The molecule has 0 unspecified atom stereocenters. The van der Waals surface area contributed by atoms with Gasteiger partial charge in [-0.3, -0.25) is 4.90 Å². The van der Waals surface area contributed by atoms with E-state index in [-0.39, 0.29) is 0 Å². The summed E-state index contributed by atoms with van der Waals surface area (Å²) < 4.78 is 23.2. The summed E-state index contributed by atoms with van der Waals surface area (Å²) in [6.45, 7) is 5.34. The summed E-state index contributed by atoms with van der Waals surface area (Å²) in [7, 11) is -3.12. The van der Waals surface area contributed by atoms with Crippen LogP contribution in [0, 0.1) is 0 Å². The Morgan fingerprint density at radius 2 is 2.11 bits per heavy atom. The van der Waals surface area contributed by atoms with Crippen LogP contribution in [0.5, 0.6) is 0 Å². The molecule has 0 spiro atoms. The molecule has 0 atom stereocenters. The number of rotatable bonds is 4. The lowest BCUT2D eigenvalue weighted by Crippen LogP contribution is -2.29. The molecule has 0 aromatic heterocycles. The van der Waals surface area contributed by atoms with Gasteiger partial charge in [-0.15, -0.1) is 0 Å². The minimum Gasteiger partial charge on any atom is -0.299 e. The average Bonchev–Trinajstić information content (AvgIpc) is 2.39. The van der Waals surface area contributed by atoms with Crippen LogP contribution in [0.1, 0.15) is 25.3 Å². The van der Waals surface area contributed by atoms with E-state index in [1.54, 1.807) is 12.1 Å². The van der Waals surface area contributed by atoms with Crippen molar-refractivity contribution < 1.29 is 8.42 Å². The number of hydrogen-bond acceptors (Lipinski definition) is 3. The maximum atomic E-state index is 11.6. The largest absolute Gasteiger partial charge is 0.299 e. The van der Waals surface area contributed by atoms with Crippen LogP contribution in [0.3, 0.4) is 0 Å². The van der Waals surface area contributed by atoms with Gasteiger partial charge < -0.3 is 0 Å². The Kier molecular flexibility index (Phi) is 4.42. The molecule has 2 rings (SSSR count). The fourth-order valence-corrected chi connectivity index (χ4v) is 3.09. The summed E-state index contributed by atoms with van der Waals surface area (Å²) in [6, 6.07) is 7.27. The van der Waals surface area contributed by atoms with Gasteiger partial charge in [-0.2, -0.15) is 0 Å². The molecule has 0 saturated heterocycles. The van der Waals surface area contributed by atoms with Crippen LogP contribution in [0.2, 0.25) is 0 Å². The zero-order valence-electron chi connectivity index (χ0n) is 11.6. The first-order valence-corrected chi connectivity index (χ1v) is 8.61. The van der Waals surface area contributed by atoms with Gasteiger partial charge in [0, 0.05) is 19.3 Å². The van der Waals surface area contributed by atoms with Crippen LogP contribution < -0.4 is 0 Å². The summed E-state index contributed by atoms with van der Waals surface area (Å²) in [5.74, 6) is 0. The van der Waals surface area contributed by atoms with Gasteiger partial charge in [0.05, 0.1) is 4.90 Å². The van der Waals surface area contributed by atoms with E-state index in [2.05, 4.69) is 17.9 Å². The third-order valence-electron chi connectivity index (χ3n) is 3.47. The predicted octanol–water partition coefficient (Wildman–Crippen LogP) is 2.59. The van der Waals surface area contributed by atoms with Crippen LogP contribution in [-0.2, 0) is 9.84 Å². The quantitative estimate of drug-likeness (QED) is 0.850. The highest BCUT2D eigenvalue weighted by Crippen LogP contribution is 2.24. The maximum absolute atomic E-state index is 11.6. The van der Waals surface area contributed by atoms with Crippen LogP contribution in [0.15, 0.2) is 35.2 Å². The van der Waals surface area contributed by atoms with E-state index in [4.69, 9.17) is 0 Å². The monoisotopic (exact) mass is 279 g/mol. The Balaban J connectivity index is 2.20. The molecule has 0 radical (unpaired) electrons. The van der Waals surface area contributed by atoms with E-state index in [1.165, 1.54) is 18.2 Å². The van der Waals surface area contributed by atoms with Crippen LogP contribution in [0.4, 0.5) is 0 Å². The third-order valence-corrected chi connectivity index (χ3v) is 4.58. The van der Waals surface area contributed by atoms with Crippen LogP contribution in [0.25, 0.3) is 5.57 Å². The highest BCUT2D eigenvalue weighted by atomic mass is 32.2. The second kappa shape index (κ2) is 5.88. The van der Waals surface area contributed by atoms with Gasteiger partial charge in [-0.25, -0.2) is 8.42 Å². The summed E-state index contributed by atoms with van der Waals surface area (Å²) >= 11 is 0. The highest BCUT2D eigenvalue weighted by Gasteiger charge is 2.14. The molecule has 1 heterocycles. The maximum Gasteiger partial charge on any atom is 0.175 e. The van der Waals surface area contributed by atoms with Gasteiger partial charge in [0.2, 0.25) is 0 Å². The van der Waals surface area contributed by atoms with Crippen molar-refractivity contribution in [2.45, 2.75) is 24.7 Å². The Hall–Kier alpha value is -1.13. The number of benzene rings is 1. The van der Waals surface area contributed by atoms with Crippen molar-refractivity contribution in [2.75, 3.05) is 25.9 Å². The van der Waals surface area contributed by atoms with E-state index in [0.717, 1.165) is 31.6 Å². The number of nitrogens with zero attached hydrogens (tertiary/aromatic N) is 1. The first kappa shape index (κ1) is 14.3. The van der Waals surface area contributed by atoms with Crippen molar-refractivity contribution in [1.29, 1.82) is 0 Å². The lowest BCUT2D eigenvalue weighted by Gasteiger charge is -2.26. The molecule has 4 heteroatoms. The van der Waals surface area contributed by atoms with Gasteiger partial charge >= 0.3 is 0 Å². The Morgan fingerprint density at radius 1 is 1.32 bits per heavy atom. The molecule has 0 N–H and O–H groups in total. The fraction of sp³-hybridized carbons (Fsp3) is 0.467. The average molecular weight is 279 g/mol. The fourth-order valence-electron chi connectivity index (χ4n) is 2.42. The smallest absolute Gasteiger partial charge is 0.175 e. The first-order chi connectivity index (χ1) is 9.00. The molecule has 0 bridgehead atoms. The summed E-state index contributed by atoms with van der Waals surface area (Å²) in [5.41, 5.74) is 2.30. The summed E-state index contributed by atoms with van der Waals surface area (Å²) in [6.07, 6.45) is 5.64. The molecule has 0 saturated carbocycles. The second-order valence-corrected chi connectivity index (χ2v) is 7.10. The lowest BCUT2D eigenvalue weighted by molar-refractivity contribution is 0.302. The molecule has 104 valence electrons. The van der Waals surface area contributed by atoms with E-state index in [9.17, 15) is 8.42 Å². The molecule has 0 aliphatic carbocycles. The number of hydrogen-bond donors (Lipinski definition) is 0. The van der Waals surface area contributed by atoms with E-state index < -0.39 is 9.84 Å². The van der Waals surface area contributed by atoms with Gasteiger partial charge in [-0.1, -0.05) is 25.1 Å². The minimum atomic E-state index is -3.12.